The summed E-state index contributed by atoms with van der Waals surface area (Å²) in [5.41, 5.74) is 1.03. The second kappa shape index (κ2) is 6.25. The molecular formula is C15H11Cl2FO2. The zero-order valence-corrected chi connectivity index (χ0v) is 12.1. The van der Waals surface area contributed by atoms with Crippen molar-refractivity contribution in [3.05, 3.63) is 57.8 Å². The van der Waals surface area contributed by atoms with Crippen molar-refractivity contribution in [1.29, 1.82) is 0 Å². The fraction of sp³-hybridized carbons (Fsp3) is 0.133. The van der Waals surface area contributed by atoms with Gasteiger partial charge in [-0.1, -0.05) is 23.2 Å². The average molecular weight is 313 g/mol. The third-order valence-electron chi connectivity index (χ3n) is 2.65. The minimum absolute atomic E-state index is 0.250. The van der Waals surface area contributed by atoms with Gasteiger partial charge in [-0.05, 0) is 48.9 Å². The van der Waals surface area contributed by atoms with Crippen LogP contribution in [0.3, 0.4) is 0 Å². The van der Waals surface area contributed by atoms with E-state index in [0.29, 0.717) is 15.6 Å². The topological polar surface area (TPSA) is 26.3 Å². The van der Waals surface area contributed by atoms with Gasteiger partial charge in [0.2, 0.25) is 0 Å². The molecule has 0 heterocycles. The van der Waals surface area contributed by atoms with Crippen molar-refractivity contribution in [3.8, 4) is 11.1 Å². The number of halogens is 3. The quantitative estimate of drug-likeness (QED) is 0.747. The molecule has 2 aromatic carbocycles. The second-order valence-electron chi connectivity index (χ2n) is 4.07. The van der Waals surface area contributed by atoms with Gasteiger partial charge in [0.1, 0.15) is 5.82 Å². The van der Waals surface area contributed by atoms with Gasteiger partial charge >= 0.3 is 5.97 Å². The van der Waals surface area contributed by atoms with E-state index in [1.807, 2.05) is 0 Å². The number of ether oxygens (including phenoxy) is 1. The Balaban J connectivity index is 2.50. The minimum Gasteiger partial charge on any atom is -0.462 e. The highest BCUT2D eigenvalue weighted by Crippen LogP contribution is 2.29. The molecule has 2 nitrogen and oxygen atoms in total. The molecule has 0 atom stereocenters. The largest absolute Gasteiger partial charge is 0.462 e. The molecule has 0 aliphatic rings. The highest BCUT2D eigenvalue weighted by molar-refractivity contribution is 6.35. The van der Waals surface area contributed by atoms with Crippen molar-refractivity contribution in [3.63, 3.8) is 0 Å². The summed E-state index contributed by atoms with van der Waals surface area (Å²) >= 11 is 11.8. The normalized spacial score (nSPS) is 10.4. The van der Waals surface area contributed by atoms with Crippen molar-refractivity contribution in [2.75, 3.05) is 6.61 Å². The van der Waals surface area contributed by atoms with E-state index in [1.165, 1.54) is 18.2 Å². The van der Waals surface area contributed by atoms with Gasteiger partial charge in [0.15, 0.2) is 0 Å². The first kappa shape index (κ1) is 14.8. The molecule has 0 spiro atoms. The monoisotopic (exact) mass is 312 g/mol. The summed E-state index contributed by atoms with van der Waals surface area (Å²) in [5.74, 6) is -0.960. The Hall–Kier alpha value is -1.58. The van der Waals surface area contributed by atoms with Crippen molar-refractivity contribution in [2.45, 2.75) is 6.92 Å². The molecule has 20 heavy (non-hydrogen) atoms. The smallest absolute Gasteiger partial charge is 0.338 e. The first-order valence-corrected chi connectivity index (χ1v) is 6.70. The van der Waals surface area contributed by atoms with Gasteiger partial charge < -0.3 is 4.74 Å². The molecule has 0 aliphatic carbocycles. The van der Waals surface area contributed by atoms with Crippen LogP contribution in [0.4, 0.5) is 4.39 Å². The lowest BCUT2D eigenvalue weighted by molar-refractivity contribution is 0.0526. The van der Waals surface area contributed by atoms with E-state index in [4.69, 9.17) is 27.9 Å². The Morgan fingerprint density at radius 2 is 1.80 bits per heavy atom. The lowest BCUT2D eigenvalue weighted by Crippen LogP contribution is -2.05. The van der Waals surface area contributed by atoms with Crippen LogP contribution >= 0.6 is 23.2 Å². The molecule has 0 saturated heterocycles. The summed E-state index contributed by atoms with van der Waals surface area (Å²) in [6.45, 7) is 1.97. The van der Waals surface area contributed by atoms with E-state index in [9.17, 15) is 9.18 Å². The fourth-order valence-electron chi connectivity index (χ4n) is 1.80. The number of hydrogen-bond donors (Lipinski definition) is 0. The van der Waals surface area contributed by atoms with E-state index in [2.05, 4.69) is 0 Å². The van der Waals surface area contributed by atoms with E-state index < -0.39 is 11.8 Å². The van der Waals surface area contributed by atoms with Crippen molar-refractivity contribution < 1.29 is 13.9 Å². The summed E-state index contributed by atoms with van der Waals surface area (Å²) in [6.07, 6.45) is 0. The van der Waals surface area contributed by atoms with E-state index >= 15 is 0 Å². The molecule has 0 N–H and O–H groups in total. The van der Waals surface area contributed by atoms with Crippen LogP contribution in [0.1, 0.15) is 17.3 Å². The second-order valence-corrected chi connectivity index (χ2v) is 4.95. The van der Waals surface area contributed by atoms with Gasteiger partial charge in [-0.15, -0.1) is 0 Å². The molecule has 2 rings (SSSR count). The van der Waals surface area contributed by atoms with Crippen LogP contribution in [0.5, 0.6) is 0 Å². The summed E-state index contributed by atoms with van der Waals surface area (Å²) in [4.78, 5) is 11.7. The number of esters is 1. The van der Waals surface area contributed by atoms with E-state index in [1.54, 1.807) is 25.1 Å². The summed E-state index contributed by atoms with van der Waals surface area (Å²) < 4.78 is 18.8. The predicted molar refractivity (Wildman–Crippen MR) is 77.8 cm³/mol. The SMILES string of the molecule is CCOC(=O)c1ccc(F)c(-c2cc(Cl)cc(Cl)c2)c1. The number of carbonyl (C=O) groups is 1. The van der Waals surface area contributed by atoms with Crippen LogP contribution in [0, 0.1) is 5.82 Å². The fourth-order valence-corrected chi connectivity index (χ4v) is 2.32. The molecule has 0 fully saturated rings. The summed E-state index contributed by atoms with van der Waals surface area (Å²) in [5, 5.41) is 0.793. The van der Waals surface area contributed by atoms with Gasteiger partial charge in [-0.2, -0.15) is 0 Å². The molecule has 2 aromatic rings. The number of hydrogen-bond acceptors (Lipinski definition) is 2. The van der Waals surface area contributed by atoms with Crippen LogP contribution in [-0.2, 0) is 4.74 Å². The molecule has 0 unspecified atom stereocenters. The first-order valence-electron chi connectivity index (χ1n) is 5.94. The summed E-state index contributed by atoms with van der Waals surface area (Å²) in [6, 6.07) is 8.75. The van der Waals surface area contributed by atoms with Crippen molar-refractivity contribution in [1.82, 2.24) is 0 Å². The standard InChI is InChI=1S/C15H11Cl2FO2/c1-2-20-15(19)9-3-4-14(18)13(7-9)10-5-11(16)8-12(17)6-10/h3-8H,2H2,1H3. The van der Waals surface area contributed by atoms with Gasteiger partial charge in [-0.25, -0.2) is 9.18 Å². The molecule has 0 bridgehead atoms. The third-order valence-corrected chi connectivity index (χ3v) is 3.09. The predicted octanol–water partition coefficient (Wildman–Crippen LogP) is 4.98. The third kappa shape index (κ3) is 3.30. The molecule has 0 aromatic heterocycles. The molecule has 0 saturated carbocycles. The number of rotatable bonds is 3. The van der Waals surface area contributed by atoms with Gasteiger partial charge in [0.05, 0.1) is 12.2 Å². The molecule has 0 amide bonds. The van der Waals surface area contributed by atoms with Crippen LogP contribution < -0.4 is 0 Å². The minimum atomic E-state index is -0.498. The molecular weight excluding hydrogens is 302 g/mol. The first-order chi connectivity index (χ1) is 9.51. The van der Waals surface area contributed by atoms with Crippen LogP contribution in [0.15, 0.2) is 36.4 Å². The Morgan fingerprint density at radius 1 is 1.15 bits per heavy atom. The van der Waals surface area contributed by atoms with Crippen molar-refractivity contribution >= 4 is 29.2 Å². The maximum atomic E-state index is 13.9. The Bertz CT molecular complexity index is 636. The number of carbonyl (C=O) groups excluding carboxylic acids is 1. The average Bonchev–Trinajstić information content (AvgIpc) is 2.38. The Labute approximate surface area is 126 Å². The van der Waals surface area contributed by atoms with Gasteiger partial charge in [0, 0.05) is 15.6 Å². The molecule has 0 aliphatic heterocycles. The number of benzene rings is 2. The highest BCUT2D eigenvalue weighted by atomic mass is 35.5. The zero-order valence-electron chi connectivity index (χ0n) is 10.6. The maximum absolute atomic E-state index is 13.9. The van der Waals surface area contributed by atoms with Crippen LogP contribution in [0.25, 0.3) is 11.1 Å². The lowest BCUT2D eigenvalue weighted by Gasteiger charge is -2.08. The van der Waals surface area contributed by atoms with Gasteiger partial charge in [-0.3, -0.25) is 0 Å². The molecule has 5 heteroatoms. The lowest BCUT2D eigenvalue weighted by atomic mass is 10.0. The van der Waals surface area contributed by atoms with E-state index in [0.717, 1.165) is 0 Å². The molecule has 0 radical (unpaired) electrons. The molecule has 104 valence electrons. The maximum Gasteiger partial charge on any atom is 0.338 e. The van der Waals surface area contributed by atoms with Crippen LogP contribution in [0.2, 0.25) is 10.0 Å². The van der Waals surface area contributed by atoms with Gasteiger partial charge in [0.25, 0.3) is 0 Å². The van der Waals surface area contributed by atoms with Crippen molar-refractivity contribution in [2.24, 2.45) is 0 Å². The highest BCUT2D eigenvalue weighted by Gasteiger charge is 2.12. The van der Waals surface area contributed by atoms with Crippen LogP contribution in [-0.4, -0.2) is 12.6 Å². The Kier molecular flexibility index (Phi) is 4.63. The van der Waals surface area contributed by atoms with E-state index in [-0.39, 0.29) is 17.7 Å². The summed E-state index contributed by atoms with van der Waals surface area (Å²) in [7, 11) is 0. The Morgan fingerprint density at radius 3 is 2.40 bits per heavy atom. The zero-order chi connectivity index (χ0) is 14.7.